The lowest BCUT2D eigenvalue weighted by molar-refractivity contribution is 0.0579. The average molecular weight is 252 g/mol. The van der Waals surface area contributed by atoms with E-state index in [1.54, 1.807) is 16.6 Å². The molecule has 2 atom stereocenters. The van der Waals surface area contributed by atoms with Gasteiger partial charge in [-0.1, -0.05) is 0 Å². The number of hydrogen-bond donors (Lipinski definition) is 2. The van der Waals surface area contributed by atoms with Crippen LogP contribution < -0.4 is 5.32 Å². The van der Waals surface area contributed by atoms with Crippen molar-refractivity contribution in [2.75, 3.05) is 20.1 Å². The van der Waals surface area contributed by atoms with Crippen molar-refractivity contribution < 1.29 is 9.90 Å². The smallest absolute Gasteiger partial charge is 0.257 e. The van der Waals surface area contributed by atoms with E-state index in [0.29, 0.717) is 18.7 Å². The largest absolute Gasteiger partial charge is 0.390 e. The summed E-state index contributed by atoms with van der Waals surface area (Å²) >= 11 is 0. The molecule has 2 rings (SSSR count). The van der Waals surface area contributed by atoms with Crippen molar-refractivity contribution in [3.8, 4) is 0 Å². The number of aromatic nitrogens is 2. The molecular weight excluding hydrogens is 232 g/mol. The number of hydrogen-bond acceptors (Lipinski definition) is 4. The van der Waals surface area contributed by atoms with Gasteiger partial charge < -0.3 is 15.3 Å². The van der Waals surface area contributed by atoms with Gasteiger partial charge in [0.2, 0.25) is 0 Å². The molecule has 18 heavy (non-hydrogen) atoms. The lowest BCUT2D eigenvalue weighted by Gasteiger charge is -2.26. The highest BCUT2D eigenvalue weighted by Gasteiger charge is 2.33. The summed E-state index contributed by atoms with van der Waals surface area (Å²) in [6.45, 7) is 4.87. The fourth-order valence-electron chi connectivity index (χ4n) is 2.46. The van der Waals surface area contributed by atoms with Crippen LogP contribution in [-0.4, -0.2) is 58.0 Å². The number of aryl methyl sites for hydroxylation is 2. The topological polar surface area (TPSA) is 70.4 Å². The first-order chi connectivity index (χ1) is 8.43. The Morgan fingerprint density at radius 1 is 1.50 bits per heavy atom. The van der Waals surface area contributed by atoms with Gasteiger partial charge in [0.1, 0.15) is 0 Å². The first-order valence-electron chi connectivity index (χ1n) is 6.09. The molecular formula is C12H20N4O2. The monoisotopic (exact) mass is 252 g/mol. The van der Waals surface area contributed by atoms with E-state index in [9.17, 15) is 9.90 Å². The number of nitrogens with zero attached hydrogens (tertiary/aromatic N) is 3. The van der Waals surface area contributed by atoms with Gasteiger partial charge in [0.25, 0.3) is 5.91 Å². The molecule has 0 spiro atoms. The van der Waals surface area contributed by atoms with Crippen LogP contribution in [0.25, 0.3) is 0 Å². The van der Waals surface area contributed by atoms with E-state index >= 15 is 0 Å². The van der Waals surface area contributed by atoms with E-state index in [0.717, 1.165) is 11.4 Å². The molecule has 100 valence electrons. The molecule has 2 heterocycles. The van der Waals surface area contributed by atoms with Crippen molar-refractivity contribution in [2.24, 2.45) is 7.05 Å². The third-order valence-electron chi connectivity index (χ3n) is 3.69. The molecule has 1 saturated heterocycles. The summed E-state index contributed by atoms with van der Waals surface area (Å²) in [7, 11) is 3.56. The maximum atomic E-state index is 12.5. The van der Waals surface area contributed by atoms with Gasteiger partial charge in [-0.25, -0.2) is 0 Å². The highest BCUT2D eigenvalue weighted by Crippen LogP contribution is 2.17. The van der Waals surface area contributed by atoms with Crippen molar-refractivity contribution in [3.63, 3.8) is 0 Å². The van der Waals surface area contributed by atoms with Crippen molar-refractivity contribution in [2.45, 2.75) is 26.0 Å². The maximum absolute atomic E-state index is 12.5. The molecule has 1 aliphatic heterocycles. The van der Waals surface area contributed by atoms with Crippen LogP contribution in [0.5, 0.6) is 0 Å². The van der Waals surface area contributed by atoms with Crippen LogP contribution in [0.2, 0.25) is 0 Å². The van der Waals surface area contributed by atoms with Crippen LogP contribution >= 0.6 is 0 Å². The number of β-amino-alcohol motifs (C(OH)–C–C–N with tert-alkyl or cyclic N) is 1. The number of aliphatic hydroxyl groups is 1. The van der Waals surface area contributed by atoms with Crippen LogP contribution in [0, 0.1) is 13.8 Å². The molecule has 6 heteroatoms. The Balaban J connectivity index is 2.25. The number of likely N-dealkylation sites (N-methyl/N-ethyl adjacent to an activating group) is 1. The zero-order valence-corrected chi connectivity index (χ0v) is 11.3. The first kappa shape index (κ1) is 13.0. The van der Waals surface area contributed by atoms with E-state index in [2.05, 4.69) is 10.4 Å². The van der Waals surface area contributed by atoms with E-state index in [1.165, 1.54) is 0 Å². The maximum Gasteiger partial charge on any atom is 0.257 e. The highest BCUT2D eigenvalue weighted by atomic mass is 16.3. The van der Waals surface area contributed by atoms with Gasteiger partial charge in [-0.2, -0.15) is 5.10 Å². The van der Waals surface area contributed by atoms with Crippen molar-refractivity contribution in [1.82, 2.24) is 20.0 Å². The zero-order valence-electron chi connectivity index (χ0n) is 11.3. The lowest BCUT2D eigenvalue weighted by atomic mass is 10.1. The fourth-order valence-corrected chi connectivity index (χ4v) is 2.46. The van der Waals surface area contributed by atoms with E-state index < -0.39 is 6.10 Å². The Hall–Kier alpha value is -1.40. The predicted octanol–water partition coefficient (Wildman–Crippen LogP) is -0.558. The molecule has 0 unspecified atom stereocenters. The summed E-state index contributed by atoms with van der Waals surface area (Å²) in [4.78, 5) is 14.1. The molecule has 6 nitrogen and oxygen atoms in total. The third-order valence-corrected chi connectivity index (χ3v) is 3.69. The van der Waals surface area contributed by atoms with Gasteiger partial charge in [0.15, 0.2) is 0 Å². The Morgan fingerprint density at radius 3 is 2.61 bits per heavy atom. The minimum absolute atomic E-state index is 0.0779. The van der Waals surface area contributed by atoms with Gasteiger partial charge in [-0.05, 0) is 13.8 Å². The minimum Gasteiger partial charge on any atom is -0.390 e. The van der Waals surface area contributed by atoms with Gasteiger partial charge >= 0.3 is 0 Å². The van der Waals surface area contributed by atoms with Gasteiger partial charge in [-0.15, -0.1) is 0 Å². The second-order valence-electron chi connectivity index (χ2n) is 4.88. The number of carbonyl (C=O) groups is 1. The molecule has 1 aromatic heterocycles. The fraction of sp³-hybridized carbons (Fsp3) is 0.667. The molecule has 1 amide bonds. The summed E-state index contributed by atoms with van der Waals surface area (Å²) < 4.78 is 1.71. The minimum atomic E-state index is -0.503. The number of rotatable bonds is 2. The van der Waals surface area contributed by atoms with E-state index in [-0.39, 0.29) is 11.9 Å². The van der Waals surface area contributed by atoms with Crippen molar-refractivity contribution in [1.29, 1.82) is 0 Å². The Morgan fingerprint density at radius 2 is 2.17 bits per heavy atom. The Kier molecular flexibility index (Phi) is 3.41. The average Bonchev–Trinajstić information content (AvgIpc) is 2.83. The quantitative estimate of drug-likeness (QED) is 0.740. The molecule has 0 bridgehead atoms. The van der Waals surface area contributed by atoms with E-state index in [1.807, 2.05) is 20.9 Å². The Labute approximate surface area is 107 Å². The van der Waals surface area contributed by atoms with Crippen LogP contribution in [0.3, 0.4) is 0 Å². The number of amides is 1. The van der Waals surface area contributed by atoms with Crippen LogP contribution in [0.4, 0.5) is 0 Å². The molecule has 0 aliphatic carbocycles. The second kappa shape index (κ2) is 4.70. The molecule has 0 radical (unpaired) electrons. The predicted molar refractivity (Wildman–Crippen MR) is 67.4 cm³/mol. The first-order valence-corrected chi connectivity index (χ1v) is 6.09. The van der Waals surface area contributed by atoms with Crippen LogP contribution in [-0.2, 0) is 7.05 Å². The number of carbonyl (C=O) groups excluding carboxylic acids is 1. The normalized spacial score (nSPS) is 23.4. The molecule has 0 aromatic carbocycles. The van der Waals surface area contributed by atoms with Crippen molar-refractivity contribution in [3.05, 3.63) is 17.0 Å². The Bertz CT molecular complexity index is 469. The summed E-state index contributed by atoms with van der Waals surface area (Å²) in [6, 6.07) is -0.170. The van der Waals surface area contributed by atoms with Gasteiger partial charge in [0, 0.05) is 32.9 Å². The third kappa shape index (κ3) is 2.02. The van der Waals surface area contributed by atoms with Gasteiger partial charge in [0.05, 0.1) is 23.4 Å². The number of aliphatic hydroxyl groups excluding tert-OH is 1. The van der Waals surface area contributed by atoms with Crippen LogP contribution in [0.15, 0.2) is 0 Å². The molecule has 2 N–H and O–H groups in total. The summed E-state index contributed by atoms with van der Waals surface area (Å²) in [5.74, 6) is -0.0779. The highest BCUT2D eigenvalue weighted by molar-refractivity contribution is 5.96. The van der Waals surface area contributed by atoms with Crippen molar-refractivity contribution >= 4 is 5.91 Å². The van der Waals surface area contributed by atoms with E-state index in [4.69, 9.17) is 0 Å². The lowest BCUT2D eigenvalue weighted by Crippen LogP contribution is -2.44. The molecule has 0 saturated carbocycles. The van der Waals surface area contributed by atoms with Crippen LogP contribution in [0.1, 0.15) is 21.7 Å². The summed E-state index contributed by atoms with van der Waals surface area (Å²) in [6.07, 6.45) is -0.503. The molecule has 1 aromatic rings. The number of nitrogens with one attached hydrogen (secondary N) is 1. The molecule has 1 aliphatic rings. The zero-order chi connectivity index (χ0) is 13.4. The summed E-state index contributed by atoms with van der Waals surface area (Å²) in [5, 5.41) is 17.2. The van der Waals surface area contributed by atoms with Gasteiger partial charge in [-0.3, -0.25) is 9.48 Å². The second-order valence-corrected chi connectivity index (χ2v) is 4.88. The standard InChI is InChI=1S/C12H20N4O2/c1-7-11(8(2)16(4)14-7)12(18)15(3)9-5-13-6-10(9)17/h9-10,13,17H,5-6H2,1-4H3/t9-,10-/m0/s1. The summed E-state index contributed by atoms with van der Waals surface area (Å²) in [5.41, 5.74) is 2.22. The SMILES string of the molecule is Cc1nn(C)c(C)c1C(=O)N(C)[C@H]1CNC[C@@H]1O. The molecule has 1 fully saturated rings.